The van der Waals surface area contributed by atoms with Crippen molar-refractivity contribution in [1.29, 1.82) is 0 Å². The van der Waals surface area contributed by atoms with Crippen LogP contribution in [0.2, 0.25) is 5.02 Å². The fourth-order valence-electron chi connectivity index (χ4n) is 1.85. The third-order valence-corrected chi connectivity index (χ3v) is 4.15. The second kappa shape index (κ2) is 6.25. The van der Waals surface area contributed by atoms with Crippen molar-refractivity contribution in [2.24, 2.45) is 0 Å². The molecule has 0 fully saturated rings. The summed E-state index contributed by atoms with van der Waals surface area (Å²) in [6.07, 6.45) is 0.788. The molecule has 22 heavy (non-hydrogen) atoms. The lowest BCUT2D eigenvalue weighted by atomic mass is 10.1. The summed E-state index contributed by atoms with van der Waals surface area (Å²) in [4.78, 5) is 12.2. The van der Waals surface area contributed by atoms with Crippen LogP contribution in [0.1, 0.15) is 22.4 Å². The minimum absolute atomic E-state index is 0.306. The highest BCUT2D eigenvalue weighted by Crippen LogP contribution is 2.22. The summed E-state index contributed by atoms with van der Waals surface area (Å²) >= 11 is 7.31. The lowest BCUT2D eigenvalue weighted by Crippen LogP contribution is -2.12. The fourth-order valence-corrected chi connectivity index (χ4v) is 2.71. The van der Waals surface area contributed by atoms with Crippen LogP contribution in [-0.4, -0.2) is 26.3 Å². The van der Waals surface area contributed by atoms with Crippen LogP contribution in [0.15, 0.2) is 30.3 Å². The Balaban J connectivity index is 1.76. The van der Waals surface area contributed by atoms with E-state index in [1.54, 1.807) is 18.2 Å². The van der Waals surface area contributed by atoms with Gasteiger partial charge in [-0.15, -0.1) is 10.2 Å². The zero-order valence-electron chi connectivity index (χ0n) is 11.6. The molecule has 0 spiro atoms. The average molecular weight is 334 g/mol. The molecule has 0 unspecified atom stereocenters. The highest BCUT2D eigenvalue weighted by Gasteiger charge is 2.13. The Kier molecular flexibility index (Phi) is 4.17. The van der Waals surface area contributed by atoms with E-state index in [9.17, 15) is 4.79 Å². The molecular weight excluding hydrogens is 322 g/mol. The molecular formula is C14H12ClN5OS. The quantitative estimate of drug-likeness (QED) is 0.766. The number of carbonyl (C=O) groups excluding carboxylic acids is 1. The Bertz CT molecular complexity index is 813. The van der Waals surface area contributed by atoms with Gasteiger partial charge in [0.15, 0.2) is 0 Å². The van der Waals surface area contributed by atoms with Gasteiger partial charge in [-0.05, 0) is 24.6 Å². The smallest absolute Gasteiger partial charge is 0.275 e. The summed E-state index contributed by atoms with van der Waals surface area (Å²) in [5.74, 6) is -0.306. The van der Waals surface area contributed by atoms with Crippen LogP contribution in [0.25, 0.3) is 11.3 Å². The number of nitrogens with zero attached hydrogens (tertiary/aromatic N) is 3. The first-order valence-corrected chi connectivity index (χ1v) is 7.80. The number of hydrogen-bond acceptors (Lipinski definition) is 5. The molecule has 0 saturated carbocycles. The summed E-state index contributed by atoms with van der Waals surface area (Å²) in [5, 5.41) is 19.4. The first-order chi connectivity index (χ1) is 10.7. The second-order valence-electron chi connectivity index (χ2n) is 4.49. The molecule has 2 aromatic heterocycles. The molecule has 0 aliphatic carbocycles. The van der Waals surface area contributed by atoms with Gasteiger partial charge in [0, 0.05) is 10.6 Å². The van der Waals surface area contributed by atoms with Crippen LogP contribution in [0.3, 0.4) is 0 Å². The molecule has 0 radical (unpaired) electrons. The number of aryl methyl sites for hydroxylation is 1. The Morgan fingerprint density at radius 3 is 2.95 bits per heavy atom. The van der Waals surface area contributed by atoms with E-state index >= 15 is 0 Å². The molecule has 112 valence electrons. The first kappa shape index (κ1) is 14.7. The van der Waals surface area contributed by atoms with Crippen LogP contribution in [0, 0.1) is 0 Å². The molecule has 8 heteroatoms. The van der Waals surface area contributed by atoms with E-state index in [2.05, 4.69) is 25.7 Å². The van der Waals surface area contributed by atoms with E-state index in [-0.39, 0.29) is 5.91 Å². The van der Waals surface area contributed by atoms with Crippen molar-refractivity contribution < 1.29 is 4.79 Å². The molecule has 6 nitrogen and oxygen atoms in total. The molecule has 0 aliphatic heterocycles. The highest BCUT2D eigenvalue weighted by atomic mass is 35.5. The maximum atomic E-state index is 12.2. The van der Waals surface area contributed by atoms with Crippen molar-refractivity contribution in [3.05, 3.63) is 46.1 Å². The van der Waals surface area contributed by atoms with Crippen molar-refractivity contribution in [2.45, 2.75) is 13.3 Å². The lowest BCUT2D eigenvalue weighted by Gasteiger charge is -1.97. The predicted molar refractivity (Wildman–Crippen MR) is 86.3 cm³/mol. The van der Waals surface area contributed by atoms with Gasteiger partial charge in [-0.25, -0.2) is 0 Å². The summed E-state index contributed by atoms with van der Waals surface area (Å²) in [7, 11) is 0. The molecule has 0 saturated heterocycles. The minimum Gasteiger partial charge on any atom is -0.295 e. The van der Waals surface area contributed by atoms with Gasteiger partial charge in [0.25, 0.3) is 5.91 Å². The Hall–Kier alpha value is -2.25. The molecule has 0 aliphatic rings. The summed E-state index contributed by atoms with van der Waals surface area (Å²) < 4.78 is 0. The van der Waals surface area contributed by atoms with E-state index in [0.717, 1.165) is 17.0 Å². The third-order valence-electron chi connectivity index (χ3n) is 2.93. The number of halogens is 1. The van der Waals surface area contributed by atoms with Gasteiger partial charge >= 0.3 is 0 Å². The molecule has 2 N–H and O–H groups in total. The van der Waals surface area contributed by atoms with Gasteiger partial charge in [0.2, 0.25) is 5.13 Å². The topological polar surface area (TPSA) is 83.6 Å². The largest absolute Gasteiger partial charge is 0.295 e. The van der Waals surface area contributed by atoms with Crippen LogP contribution in [0.5, 0.6) is 0 Å². The summed E-state index contributed by atoms with van der Waals surface area (Å²) in [5.41, 5.74) is 1.84. The Labute approximate surface area is 135 Å². The number of benzene rings is 1. The van der Waals surface area contributed by atoms with E-state index in [1.807, 2.05) is 19.1 Å². The SMILES string of the molecule is CCc1nnc(NC(=O)c2cc(-c3cccc(Cl)c3)n[nH]2)s1. The second-order valence-corrected chi connectivity index (χ2v) is 5.98. The number of aromatic nitrogens is 4. The van der Waals surface area contributed by atoms with Gasteiger partial charge < -0.3 is 0 Å². The maximum absolute atomic E-state index is 12.2. The van der Waals surface area contributed by atoms with Crippen molar-refractivity contribution in [3.8, 4) is 11.3 Å². The number of hydrogen-bond donors (Lipinski definition) is 2. The summed E-state index contributed by atoms with van der Waals surface area (Å²) in [6.45, 7) is 1.98. The van der Waals surface area contributed by atoms with E-state index in [0.29, 0.717) is 21.5 Å². The van der Waals surface area contributed by atoms with Crippen LogP contribution >= 0.6 is 22.9 Å². The van der Waals surface area contributed by atoms with Crippen LogP contribution < -0.4 is 5.32 Å². The normalized spacial score (nSPS) is 10.6. The van der Waals surface area contributed by atoms with Crippen molar-refractivity contribution >= 4 is 34.0 Å². The molecule has 3 rings (SSSR count). The number of amides is 1. The van der Waals surface area contributed by atoms with Gasteiger partial charge in [-0.3, -0.25) is 15.2 Å². The Morgan fingerprint density at radius 2 is 2.23 bits per heavy atom. The number of H-pyrrole nitrogens is 1. The number of nitrogens with one attached hydrogen (secondary N) is 2. The van der Waals surface area contributed by atoms with Gasteiger partial charge in [-0.1, -0.05) is 42.0 Å². The number of carbonyl (C=O) groups is 1. The third kappa shape index (κ3) is 3.15. The zero-order valence-corrected chi connectivity index (χ0v) is 13.2. The minimum atomic E-state index is -0.306. The van der Waals surface area contributed by atoms with Crippen LogP contribution in [0.4, 0.5) is 5.13 Å². The number of rotatable bonds is 4. The van der Waals surface area contributed by atoms with E-state index < -0.39 is 0 Å². The van der Waals surface area contributed by atoms with Crippen molar-refractivity contribution in [3.63, 3.8) is 0 Å². The fraction of sp³-hybridized carbons (Fsp3) is 0.143. The highest BCUT2D eigenvalue weighted by molar-refractivity contribution is 7.15. The molecule has 0 bridgehead atoms. The maximum Gasteiger partial charge on any atom is 0.275 e. The molecule has 2 heterocycles. The Morgan fingerprint density at radius 1 is 1.36 bits per heavy atom. The first-order valence-electron chi connectivity index (χ1n) is 6.61. The molecule has 3 aromatic rings. The van der Waals surface area contributed by atoms with Gasteiger partial charge in [0.1, 0.15) is 10.7 Å². The standard InChI is InChI=1S/C14H12ClN5OS/c1-2-12-19-20-14(22-12)16-13(21)11-7-10(17-18-11)8-4-3-5-9(15)6-8/h3-7H,2H2,1H3,(H,17,18)(H,16,20,21). The monoisotopic (exact) mass is 333 g/mol. The lowest BCUT2D eigenvalue weighted by molar-refractivity contribution is 0.102. The van der Waals surface area contributed by atoms with Crippen molar-refractivity contribution in [1.82, 2.24) is 20.4 Å². The number of aromatic amines is 1. The van der Waals surface area contributed by atoms with E-state index in [4.69, 9.17) is 11.6 Å². The molecule has 1 aromatic carbocycles. The predicted octanol–water partition coefficient (Wildman–Crippen LogP) is 3.40. The molecule has 1 amide bonds. The molecule has 0 atom stereocenters. The van der Waals surface area contributed by atoms with Gasteiger partial charge in [0.05, 0.1) is 5.69 Å². The van der Waals surface area contributed by atoms with Gasteiger partial charge in [-0.2, -0.15) is 5.10 Å². The average Bonchev–Trinajstić information content (AvgIpc) is 3.16. The zero-order chi connectivity index (χ0) is 15.5. The number of anilines is 1. The summed E-state index contributed by atoms with van der Waals surface area (Å²) in [6, 6.07) is 8.95. The van der Waals surface area contributed by atoms with Crippen molar-refractivity contribution in [2.75, 3.05) is 5.32 Å². The van der Waals surface area contributed by atoms with Crippen LogP contribution in [-0.2, 0) is 6.42 Å². The van der Waals surface area contributed by atoms with E-state index in [1.165, 1.54) is 11.3 Å².